The number of nitrogens with one attached hydrogen (secondary N) is 5. The molecule has 2 aromatic carbocycles. The maximum absolute atomic E-state index is 12.4. The first-order chi connectivity index (χ1) is 29.8. The van der Waals surface area contributed by atoms with Gasteiger partial charge in [-0.05, 0) is 130 Å². The van der Waals surface area contributed by atoms with Crippen molar-refractivity contribution >= 4 is 69.9 Å². The molecule has 0 atom stereocenters. The van der Waals surface area contributed by atoms with E-state index in [0.717, 1.165) is 59.7 Å². The number of nitro benzene ring substituents is 2. The number of carbonyl (C=O) groups is 4. The summed E-state index contributed by atoms with van der Waals surface area (Å²) in [4.78, 5) is 70.7. The maximum atomic E-state index is 12.4. The Hall–Kier alpha value is -6.13. The second-order valence-electron chi connectivity index (χ2n) is 15.4. The normalized spacial score (nSPS) is 14.4. The number of amides is 5. The number of thiophene rings is 2. The van der Waals surface area contributed by atoms with Gasteiger partial charge < -0.3 is 36.2 Å². The molecule has 63 heavy (non-hydrogen) atoms. The van der Waals surface area contributed by atoms with Gasteiger partial charge in [-0.3, -0.25) is 25.0 Å². The van der Waals surface area contributed by atoms with E-state index in [9.17, 15) is 47.8 Å². The fraction of sp³-hybridized carbons (Fsp3) is 0.415. The fourth-order valence-electron chi connectivity index (χ4n) is 6.32. The van der Waals surface area contributed by atoms with Crippen LogP contribution in [0.1, 0.15) is 46.5 Å². The second kappa shape index (κ2) is 23.4. The zero-order valence-electron chi connectivity index (χ0n) is 34.7. The Bertz CT molecular complexity index is 2150. The maximum Gasteiger partial charge on any atom is 0.446 e. The van der Waals surface area contributed by atoms with Gasteiger partial charge >= 0.3 is 24.3 Å². The molecule has 2 aromatic heterocycles. The molecule has 2 saturated heterocycles. The summed E-state index contributed by atoms with van der Waals surface area (Å²) in [5.74, 6) is 0.659. The molecule has 4 heterocycles. The number of hydrogen-bond donors (Lipinski definition) is 5. The average molecular weight is 919 g/mol. The Morgan fingerprint density at radius 1 is 0.778 bits per heavy atom. The molecule has 22 heteroatoms. The van der Waals surface area contributed by atoms with E-state index >= 15 is 0 Å². The first kappa shape index (κ1) is 49.5. The quantitative estimate of drug-likeness (QED) is 0.0575. The molecule has 340 valence electrons. The number of urea groups is 2. The lowest BCUT2D eigenvalue weighted by Crippen LogP contribution is -2.44. The Morgan fingerprint density at radius 2 is 1.21 bits per heavy atom. The molecule has 0 unspecified atom stereocenters. The summed E-state index contributed by atoms with van der Waals surface area (Å²) >= 11 is 3.06. The van der Waals surface area contributed by atoms with E-state index < -0.39 is 40.0 Å². The molecule has 2 fully saturated rings. The summed E-state index contributed by atoms with van der Waals surface area (Å²) < 4.78 is 36.6. The van der Waals surface area contributed by atoms with E-state index in [-0.39, 0.29) is 34.8 Å². The van der Waals surface area contributed by atoms with Gasteiger partial charge in [0.15, 0.2) is 0 Å². The smallest absolute Gasteiger partial charge is 0.444 e. The van der Waals surface area contributed by atoms with Gasteiger partial charge in [0.05, 0.1) is 9.85 Å². The molecule has 0 saturated carbocycles. The number of rotatable bonds is 10. The van der Waals surface area contributed by atoms with Gasteiger partial charge in [-0.1, -0.05) is 12.1 Å². The molecule has 2 aliphatic heterocycles. The third kappa shape index (κ3) is 16.9. The lowest BCUT2D eigenvalue weighted by Gasteiger charge is -2.33. The van der Waals surface area contributed by atoms with Gasteiger partial charge in [-0.2, -0.15) is 13.2 Å². The van der Waals surface area contributed by atoms with Gasteiger partial charge in [-0.15, -0.1) is 22.7 Å². The first-order valence-corrected chi connectivity index (χ1v) is 21.5. The highest BCUT2D eigenvalue weighted by Crippen LogP contribution is 2.34. The molecule has 5 amide bonds. The van der Waals surface area contributed by atoms with Crippen molar-refractivity contribution in [1.29, 1.82) is 0 Å². The largest absolute Gasteiger partial charge is 0.446 e. The van der Waals surface area contributed by atoms with E-state index in [1.807, 2.05) is 55.8 Å². The van der Waals surface area contributed by atoms with Crippen LogP contribution in [0.3, 0.4) is 0 Å². The van der Waals surface area contributed by atoms with Crippen LogP contribution >= 0.6 is 22.7 Å². The minimum absolute atomic E-state index is 0.114. The number of aldehydes is 1. The number of anilines is 2. The predicted molar refractivity (Wildman–Crippen MR) is 235 cm³/mol. The molecule has 0 aliphatic carbocycles. The number of hydrogen-bond acceptors (Lipinski definition) is 12. The Kier molecular flexibility index (Phi) is 18.4. The van der Waals surface area contributed by atoms with Crippen LogP contribution in [0.2, 0.25) is 0 Å². The Labute approximate surface area is 369 Å². The van der Waals surface area contributed by atoms with E-state index in [2.05, 4.69) is 26.6 Å². The van der Waals surface area contributed by atoms with Crippen molar-refractivity contribution in [3.63, 3.8) is 0 Å². The van der Waals surface area contributed by atoms with Crippen molar-refractivity contribution in [2.75, 3.05) is 49.9 Å². The van der Waals surface area contributed by atoms with E-state index in [1.54, 1.807) is 40.5 Å². The van der Waals surface area contributed by atoms with Gasteiger partial charge in [-0.25, -0.2) is 14.4 Å². The number of carbonyl (C=O) groups excluding carboxylic acids is 4. The Balaban J connectivity index is 0.000000250. The Morgan fingerprint density at radius 3 is 1.57 bits per heavy atom. The summed E-state index contributed by atoms with van der Waals surface area (Å²) in [7, 11) is 0. The summed E-state index contributed by atoms with van der Waals surface area (Å²) in [6.07, 6.45) is -2.49. The van der Waals surface area contributed by atoms with Gasteiger partial charge in [0.1, 0.15) is 17.0 Å². The summed E-state index contributed by atoms with van der Waals surface area (Å²) in [5.41, 5.74) is 1.20. The number of likely N-dealkylation sites (tertiary alicyclic amines) is 1. The molecule has 2 aliphatic rings. The number of ether oxygens (including phenoxy) is 1. The minimum Gasteiger partial charge on any atom is -0.444 e. The standard InChI is InChI=1S/C22H28N4O5S.C17H20N4O3S.C2HF3O/c1-22(2,3)31-21(28)25-10-8-15(9-11-25)14-23-20(27)24-17-13-16(19-5-4-12-32-19)6-7-18(17)26(29)30;22-17(19-11-12-5-7-18-8-6-12)20-14-10-13(16-2-1-9-25-16)3-4-15(14)21(23)24;3-2(4,5)1-6/h4-7,12-13,15H,8-11,14H2,1-3H3,(H2,23,24,27);1-4,9-10,12,18H,5-8,11H2,(H2,19,20,22);1H. The highest BCUT2D eigenvalue weighted by Gasteiger charge is 2.28. The van der Waals surface area contributed by atoms with Crippen LogP contribution in [0, 0.1) is 32.1 Å². The highest BCUT2D eigenvalue weighted by atomic mass is 32.1. The van der Waals surface area contributed by atoms with E-state index in [1.165, 1.54) is 23.5 Å². The van der Waals surface area contributed by atoms with E-state index in [4.69, 9.17) is 9.53 Å². The SMILES string of the molecule is CC(C)(C)OC(=O)N1CCC(CNC(=O)Nc2cc(-c3cccs3)ccc2[N+](=O)[O-])CC1.O=C(NCC1CCNCC1)Nc1cc(-c2cccs2)ccc1[N+](=O)[O-].O=CC(F)(F)F. The summed E-state index contributed by atoms with van der Waals surface area (Å²) in [6.45, 7) is 9.55. The minimum atomic E-state index is -4.64. The third-order valence-corrected chi connectivity index (χ3v) is 11.3. The van der Waals surface area contributed by atoms with E-state index in [0.29, 0.717) is 32.1 Å². The van der Waals surface area contributed by atoms with Crippen molar-refractivity contribution in [1.82, 2.24) is 20.9 Å². The molecule has 6 rings (SSSR count). The van der Waals surface area contributed by atoms with Gasteiger partial charge in [0.25, 0.3) is 11.4 Å². The number of alkyl halides is 3. The van der Waals surface area contributed by atoms with Gasteiger partial charge in [0.2, 0.25) is 6.29 Å². The number of benzene rings is 2. The molecule has 0 bridgehead atoms. The molecule has 5 N–H and O–H groups in total. The average Bonchev–Trinajstić information content (AvgIpc) is 3.99. The van der Waals surface area contributed by atoms with Crippen LogP contribution in [-0.2, 0) is 9.53 Å². The first-order valence-electron chi connectivity index (χ1n) is 19.8. The second-order valence-corrected chi connectivity index (χ2v) is 17.3. The van der Waals surface area contributed by atoms with Crippen LogP contribution in [0.25, 0.3) is 20.9 Å². The molecular formula is C41H49F3N8O9S2. The van der Waals surface area contributed by atoms with Crippen LogP contribution in [0.5, 0.6) is 0 Å². The molecule has 4 aromatic rings. The summed E-state index contributed by atoms with van der Waals surface area (Å²) in [5, 5.41) is 40.6. The van der Waals surface area contributed by atoms with Crippen molar-refractivity contribution in [3.05, 3.63) is 91.7 Å². The number of halogens is 3. The van der Waals surface area contributed by atoms with Crippen molar-refractivity contribution in [2.24, 2.45) is 11.8 Å². The number of nitro groups is 2. The van der Waals surface area contributed by atoms with Crippen molar-refractivity contribution in [2.45, 2.75) is 58.2 Å². The molecule has 0 radical (unpaired) electrons. The zero-order chi connectivity index (χ0) is 46.2. The zero-order valence-corrected chi connectivity index (χ0v) is 36.3. The molecule has 17 nitrogen and oxygen atoms in total. The van der Waals surface area contributed by atoms with Crippen LogP contribution in [-0.4, -0.2) is 90.2 Å². The third-order valence-electron chi connectivity index (χ3n) is 9.46. The summed E-state index contributed by atoms with van der Waals surface area (Å²) in [6, 6.07) is 16.2. The number of piperidine rings is 2. The lowest BCUT2D eigenvalue weighted by molar-refractivity contribution is -0.384. The van der Waals surface area contributed by atoms with Gasteiger partial charge in [0, 0.05) is 48.1 Å². The van der Waals surface area contributed by atoms with Crippen LogP contribution in [0.15, 0.2) is 71.4 Å². The topological polar surface area (TPSA) is 227 Å². The predicted octanol–water partition coefficient (Wildman–Crippen LogP) is 9.28. The van der Waals surface area contributed by atoms with Crippen LogP contribution in [0.4, 0.5) is 50.3 Å². The van der Waals surface area contributed by atoms with Crippen molar-refractivity contribution in [3.8, 4) is 20.9 Å². The lowest BCUT2D eigenvalue weighted by atomic mass is 9.97. The monoisotopic (exact) mass is 918 g/mol. The molecule has 0 spiro atoms. The van der Waals surface area contributed by atoms with Crippen molar-refractivity contribution < 1.29 is 46.9 Å². The van der Waals surface area contributed by atoms with Crippen LogP contribution < -0.4 is 26.6 Å². The fourth-order valence-corrected chi connectivity index (χ4v) is 7.77. The highest BCUT2D eigenvalue weighted by molar-refractivity contribution is 7.13. The number of nitrogens with zero attached hydrogens (tertiary/aromatic N) is 3. The molecular weight excluding hydrogens is 870 g/mol.